The van der Waals surface area contributed by atoms with Gasteiger partial charge in [0.1, 0.15) is 5.75 Å². The van der Waals surface area contributed by atoms with Crippen LogP contribution in [0, 0.1) is 6.92 Å². The molecule has 0 aliphatic carbocycles. The van der Waals surface area contributed by atoms with Crippen LogP contribution >= 0.6 is 0 Å². The first kappa shape index (κ1) is 15.1. The van der Waals surface area contributed by atoms with Crippen molar-refractivity contribution in [3.63, 3.8) is 0 Å². The van der Waals surface area contributed by atoms with Gasteiger partial charge in [0, 0.05) is 43.3 Å². The van der Waals surface area contributed by atoms with Gasteiger partial charge in [0.05, 0.1) is 7.11 Å². The van der Waals surface area contributed by atoms with Crippen molar-refractivity contribution in [3.05, 3.63) is 65.0 Å². The van der Waals surface area contributed by atoms with Crippen molar-refractivity contribution >= 4 is 11.0 Å². The van der Waals surface area contributed by atoms with E-state index in [1.54, 1.807) is 7.11 Å². The zero-order chi connectivity index (χ0) is 16.5. The Bertz CT molecular complexity index is 891. The van der Waals surface area contributed by atoms with Crippen molar-refractivity contribution in [3.8, 4) is 5.75 Å². The van der Waals surface area contributed by atoms with Crippen LogP contribution in [-0.2, 0) is 19.5 Å². The number of nitrogens with zero attached hydrogens (tertiary/aromatic N) is 3. The lowest BCUT2D eigenvalue weighted by molar-refractivity contribution is 0.243. The Morgan fingerprint density at radius 3 is 3.00 bits per heavy atom. The second-order valence-electron chi connectivity index (χ2n) is 6.47. The third kappa shape index (κ3) is 2.97. The highest BCUT2D eigenvalue weighted by Gasteiger charge is 2.18. The molecule has 1 aliphatic rings. The molecule has 0 saturated heterocycles. The van der Waals surface area contributed by atoms with Gasteiger partial charge in [-0.25, -0.2) is 9.97 Å². The lowest BCUT2D eigenvalue weighted by Gasteiger charge is -2.28. The van der Waals surface area contributed by atoms with Crippen molar-refractivity contribution in [2.75, 3.05) is 13.7 Å². The summed E-state index contributed by atoms with van der Waals surface area (Å²) in [4.78, 5) is 11.7. The number of rotatable bonds is 3. The fraction of sp³-hybridized carbons (Fsp3) is 0.300. The zero-order valence-electron chi connectivity index (χ0n) is 14.1. The number of aromatic nitrogens is 2. The van der Waals surface area contributed by atoms with Crippen LogP contribution in [0.3, 0.4) is 0 Å². The van der Waals surface area contributed by atoms with Gasteiger partial charge in [-0.3, -0.25) is 4.90 Å². The molecule has 0 bridgehead atoms. The van der Waals surface area contributed by atoms with Gasteiger partial charge >= 0.3 is 0 Å². The van der Waals surface area contributed by atoms with Gasteiger partial charge in [-0.15, -0.1) is 0 Å². The Balaban J connectivity index is 1.58. The molecule has 122 valence electrons. The first-order chi connectivity index (χ1) is 11.7. The fourth-order valence-corrected chi connectivity index (χ4v) is 3.36. The molecule has 4 nitrogen and oxygen atoms in total. The number of hydrogen-bond acceptors (Lipinski definition) is 4. The molecule has 0 radical (unpaired) electrons. The average Bonchev–Trinajstić information content (AvgIpc) is 2.60. The predicted molar refractivity (Wildman–Crippen MR) is 95.1 cm³/mol. The highest BCUT2D eigenvalue weighted by atomic mass is 16.5. The first-order valence-electron chi connectivity index (χ1n) is 8.32. The molecule has 0 spiro atoms. The standard InChI is InChI=1S/C20H21N3O/c1-14-8-16-10-17-13-23(7-6-19(17)22-20(16)21-11-14)12-15-4-3-5-18(9-15)24-2/h3-5,8-11H,6-7,12-13H2,1-2H3. The van der Waals surface area contributed by atoms with Crippen LogP contribution in [0.25, 0.3) is 11.0 Å². The quantitative estimate of drug-likeness (QED) is 0.740. The minimum atomic E-state index is 0.862. The van der Waals surface area contributed by atoms with E-state index in [1.807, 2.05) is 12.3 Å². The monoisotopic (exact) mass is 319 g/mol. The molecule has 0 saturated carbocycles. The minimum Gasteiger partial charge on any atom is -0.497 e. The maximum absolute atomic E-state index is 5.32. The van der Waals surface area contributed by atoms with Gasteiger partial charge in [0.15, 0.2) is 5.65 Å². The van der Waals surface area contributed by atoms with Crippen molar-refractivity contribution in [1.82, 2.24) is 14.9 Å². The highest BCUT2D eigenvalue weighted by Crippen LogP contribution is 2.24. The lowest BCUT2D eigenvalue weighted by atomic mass is 10.0. The molecule has 0 fully saturated rings. The Morgan fingerprint density at radius 1 is 1.21 bits per heavy atom. The maximum Gasteiger partial charge on any atom is 0.159 e. The smallest absolute Gasteiger partial charge is 0.159 e. The number of methoxy groups -OCH3 is 1. The van der Waals surface area contributed by atoms with Gasteiger partial charge in [-0.2, -0.15) is 0 Å². The fourth-order valence-electron chi connectivity index (χ4n) is 3.36. The summed E-state index contributed by atoms with van der Waals surface area (Å²) >= 11 is 0. The number of hydrogen-bond donors (Lipinski definition) is 0. The Kier molecular flexibility index (Phi) is 3.90. The van der Waals surface area contributed by atoms with E-state index in [-0.39, 0.29) is 0 Å². The van der Waals surface area contributed by atoms with E-state index in [0.717, 1.165) is 42.8 Å². The number of fused-ring (bicyclic) bond motifs is 2. The summed E-state index contributed by atoms with van der Waals surface area (Å²) in [5.41, 5.74) is 5.84. The second kappa shape index (κ2) is 6.21. The first-order valence-corrected chi connectivity index (χ1v) is 8.32. The molecule has 0 amide bonds. The summed E-state index contributed by atoms with van der Waals surface area (Å²) in [6, 6.07) is 12.7. The van der Waals surface area contributed by atoms with Crippen LogP contribution < -0.4 is 4.74 Å². The molecule has 4 heteroatoms. The summed E-state index contributed by atoms with van der Waals surface area (Å²) in [6.07, 6.45) is 2.87. The van der Waals surface area contributed by atoms with E-state index in [1.165, 1.54) is 22.4 Å². The minimum absolute atomic E-state index is 0.862. The molecule has 24 heavy (non-hydrogen) atoms. The molecule has 4 rings (SSSR count). The van der Waals surface area contributed by atoms with E-state index in [4.69, 9.17) is 9.72 Å². The number of benzene rings is 1. The highest BCUT2D eigenvalue weighted by molar-refractivity contribution is 5.76. The molecular weight excluding hydrogens is 298 g/mol. The number of pyridine rings is 2. The molecular formula is C20H21N3O. The van der Waals surface area contributed by atoms with E-state index < -0.39 is 0 Å². The number of aryl methyl sites for hydroxylation is 1. The normalized spacial score (nSPS) is 14.6. The molecule has 2 aromatic heterocycles. The van der Waals surface area contributed by atoms with E-state index in [0.29, 0.717) is 0 Å². The summed E-state index contributed by atoms with van der Waals surface area (Å²) < 4.78 is 5.32. The van der Waals surface area contributed by atoms with Crippen LogP contribution in [0.2, 0.25) is 0 Å². The molecule has 1 aromatic carbocycles. The van der Waals surface area contributed by atoms with Gasteiger partial charge in [-0.1, -0.05) is 12.1 Å². The maximum atomic E-state index is 5.32. The average molecular weight is 319 g/mol. The second-order valence-corrected chi connectivity index (χ2v) is 6.47. The Labute approximate surface area is 142 Å². The Hall–Kier alpha value is -2.46. The van der Waals surface area contributed by atoms with E-state index in [9.17, 15) is 0 Å². The molecule has 0 atom stereocenters. The van der Waals surface area contributed by atoms with Crippen LogP contribution in [0.5, 0.6) is 5.75 Å². The largest absolute Gasteiger partial charge is 0.497 e. The van der Waals surface area contributed by atoms with Crippen molar-refractivity contribution < 1.29 is 4.74 Å². The van der Waals surface area contributed by atoms with Gasteiger partial charge in [-0.05, 0) is 47.9 Å². The zero-order valence-corrected chi connectivity index (χ0v) is 14.1. The molecule has 0 N–H and O–H groups in total. The third-order valence-corrected chi connectivity index (χ3v) is 4.57. The summed E-state index contributed by atoms with van der Waals surface area (Å²) in [5.74, 6) is 0.916. The van der Waals surface area contributed by atoms with Gasteiger partial charge < -0.3 is 4.74 Å². The van der Waals surface area contributed by atoms with E-state index in [2.05, 4.69) is 47.1 Å². The van der Waals surface area contributed by atoms with E-state index >= 15 is 0 Å². The van der Waals surface area contributed by atoms with Crippen molar-refractivity contribution in [2.45, 2.75) is 26.4 Å². The third-order valence-electron chi connectivity index (χ3n) is 4.57. The number of ether oxygens (including phenoxy) is 1. The SMILES string of the molecule is COc1cccc(CN2CCc3nc4ncc(C)cc4cc3C2)c1. The van der Waals surface area contributed by atoms with Crippen LogP contribution in [-0.4, -0.2) is 28.5 Å². The van der Waals surface area contributed by atoms with Gasteiger partial charge in [0.25, 0.3) is 0 Å². The van der Waals surface area contributed by atoms with Crippen molar-refractivity contribution in [2.24, 2.45) is 0 Å². The van der Waals surface area contributed by atoms with Crippen molar-refractivity contribution in [1.29, 1.82) is 0 Å². The van der Waals surface area contributed by atoms with Crippen LogP contribution in [0.1, 0.15) is 22.4 Å². The summed E-state index contributed by atoms with van der Waals surface area (Å²) in [6.45, 7) is 4.96. The summed E-state index contributed by atoms with van der Waals surface area (Å²) in [7, 11) is 1.71. The topological polar surface area (TPSA) is 38.2 Å². The molecule has 3 heterocycles. The van der Waals surface area contributed by atoms with Crippen LogP contribution in [0.4, 0.5) is 0 Å². The molecule has 1 aliphatic heterocycles. The van der Waals surface area contributed by atoms with Gasteiger partial charge in [0.2, 0.25) is 0 Å². The van der Waals surface area contributed by atoms with Crippen LogP contribution in [0.15, 0.2) is 42.6 Å². The lowest BCUT2D eigenvalue weighted by Crippen LogP contribution is -2.30. The summed E-state index contributed by atoms with van der Waals surface area (Å²) in [5, 5.41) is 1.14. The molecule has 0 unspecified atom stereocenters. The molecule has 3 aromatic rings. The predicted octanol–water partition coefficient (Wildman–Crippen LogP) is 3.51. The Morgan fingerprint density at radius 2 is 2.12 bits per heavy atom.